The van der Waals surface area contributed by atoms with Gasteiger partial charge in [0.25, 0.3) is 10.1 Å². The number of primary amides is 1. The van der Waals surface area contributed by atoms with Gasteiger partial charge in [0.05, 0.1) is 11.7 Å². The highest BCUT2D eigenvalue weighted by Gasteiger charge is 2.40. The van der Waals surface area contributed by atoms with Crippen molar-refractivity contribution in [1.29, 1.82) is 0 Å². The van der Waals surface area contributed by atoms with Gasteiger partial charge in [0.1, 0.15) is 5.82 Å². The number of aromatic nitrogens is 2. The second-order valence-electron chi connectivity index (χ2n) is 7.76. The van der Waals surface area contributed by atoms with Crippen LogP contribution < -0.4 is 5.73 Å². The SMILES string of the molecule is CS(=O)(=O)O.Cc1nccn1-c1ccc(Sc2cccc(C3(C(N)=O)CCOCC3)c2)cc1. The van der Waals surface area contributed by atoms with Crippen LogP contribution in [0, 0.1) is 6.92 Å². The number of ether oxygens (including phenoxy) is 1. The molecule has 0 unspecified atom stereocenters. The molecule has 1 aliphatic rings. The Morgan fingerprint density at radius 3 is 2.33 bits per heavy atom. The smallest absolute Gasteiger partial charge is 0.261 e. The van der Waals surface area contributed by atoms with E-state index in [1.54, 1.807) is 18.0 Å². The zero-order valence-electron chi connectivity index (χ0n) is 18.5. The van der Waals surface area contributed by atoms with Crippen LogP contribution in [0.5, 0.6) is 0 Å². The van der Waals surface area contributed by atoms with Crippen LogP contribution in [0.1, 0.15) is 24.2 Å². The predicted molar refractivity (Wildman–Crippen MR) is 127 cm³/mol. The first-order chi connectivity index (χ1) is 15.6. The highest BCUT2D eigenvalue weighted by atomic mass is 32.2. The zero-order chi connectivity index (χ0) is 24.1. The van der Waals surface area contributed by atoms with Gasteiger partial charge in [0.2, 0.25) is 5.91 Å². The van der Waals surface area contributed by atoms with E-state index in [2.05, 4.69) is 45.9 Å². The number of hydrogen-bond acceptors (Lipinski definition) is 6. The third-order valence-corrected chi connectivity index (χ3v) is 6.38. The molecule has 0 atom stereocenters. The van der Waals surface area contributed by atoms with E-state index in [1.807, 2.05) is 25.3 Å². The third-order valence-electron chi connectivity index (χ3n) is 5.38. The maximum absolute atomic E-state index is 12.3. The van der Waals surface area contributed by atoms with Gasteiger partial charge in [0.15, 0.2) is 0 Å². The second-order valence-corrected chi connectivity index (χ2v) is 10.4. The van der Waals surface area contributed by atoms with E-state index < -0.39 is 15.5 Å². The molecule has 33 heavy (non-hydrogen) atoms. The van der Waals surface area contributed by atoms with Crippen LogP contribution in [0.25, 0.3) is 5.69 Å². The summed E-state index contributed by atoms with van der Waals surface area (Å²) in [6.45, 7) is 3.11. The molecule has 2 heterocycles. The number of benzene rings is 2. The highest BCUT2D eigenvalue weighted by Crippen LogP contribution is 2.37. The molecule has 1 aromatic heterocycles. The molecular weight excluding hydrogens is 462 g/mol. The minimum absolute atomic E-state index is 0.266. The lowest BCUT2D eigenvalue weighted by atomic mass is 9.73. The average molecular weight is 490 g/mol. The number of aryl methyl sites for hydroxylation is 1. The van der Waals surface area contributed by atoms with E-state index in [4.69, 9.17) is 15.0 Å². The van der Waals surface area contributed by atoms with Crippen LogP contribution in [-0.4, -0.2) is 47.9 Å². The number of nitrogens with two attached hydrogens (primary N) is 1. The normalized spacial score (nSPS) is 15.4. The van der Waals surface area contributed by atoms with Gasteiger partial charge in [-0.3, -0.25) is 9.35 Å². The molecule has 1 saturated heterocycles. The van der Waals surface area contributed by atoms with Crippen LogP contribution in [-0.2, 0) is 25.1 Å². The van der Waals surface area contributed by atoms with Crippen molar-refractivity contribution in [3.8, 4) is 5.69 Å². The molecule has 8 nitrogen and oxygen atoms in total. The summed E-state index contributed by atoms with van der Waals surface area (Å²) in [6.07, 6.45) is 5.74. The molecule has 0 radical (unpaired) electrons. The van der Waals surface area contributed by atoms with Crippen LogP contribution in [0.4, 0.5) is 0 Å². The maximum Gasteiger partial charge on any atom is 0.261 e. The van der Waals surface area contributed by atoms with Gasteiger partial charge >= 0.3 is 0 Å². The molecule has 3 N–H and O–H groups in total. The lowest BCUT2D eigenvalue weighted by Gasteiger charge is -2.34. The summed E-state index contributed by atoms with van der Waals surface area (Å²) in [4.78, 5) is 18.8. The van der Waals surface area contributed by atoms with Crippen molar-refractivity contribution in [3.63, 3.8) is 0 Å². The summed E-state index contributed by atoms with van der Waals surface area (Å²) in [7, 11) is -3.67. The zero-order valence-corrected chi connectivity index (χ0v) is 20.1. The van der Waals surface area contributed by atoms with Crippen molar-refractivity contribution in [2.45, 2.75) is 35.0 Å². The van der Waals surface area contributed by atoms with E-state index in [0.717, 1.165) is 26.9 Å². The number of carbonyl (C=O) groups is 1. The minimum Gasteiger partial charge on any atom is -0.381 e. The summed E-state index contributed by atoms with van der Waals surface area (Å²) in [5, 5.41) is 0. The topological polar surface area (TPSA) is 125 Å². The van der Waals surface area contributed by atoms with E-state index in [0.29, 0.717) is 32.3 Å². The number of nitrogens with zero attached hydrogens (tertiary/aromatic N) is 2. The second kappa shape index (κ2) is 10.5. The van der Waals surface area contributed by atoms with Crippen LogP contribution in [0.2, 0.25) is 0 Å². The van der Waals surface area contributed by atoms with Gasteiger partial charge in [0, 0.05) is 41.1 Å². The molecule has 0 saturated carbocycles. The first kappa shape index (κ1) is 25.0. The van der Waals surface area contributed by atoms with Crippen LogP contribution in [0.15, 0.2) is 70.7 Å². The molecule has 0 spiro atoms. The summed E-state index contributed by atoms with van der Waals surface area (Å²) < 4.78 is 33.4. The summed E-state index contributed by atoms with van der Waals surface area (Å²) in [6, 6.07) is 16.5. The molecule has 4 rings (SSSR count). The predicted octanol–water partition coefficient (Wildman–Crippen LogP) is 3.37. The Morgan fingerprint density at radius 2 is 1.79 bits per heavy atom. The largest absolute Gasteiger partial charge is 0.381 e. The molecule has 10 heteroatoms. The van der Waals surface area contributed by atoms with E-state index in [-0.39, 0.29) is 5.91 Å². The number of carbonyl (C=O) groups excluding carboxylic acids is 1. The molecule has 0 aliphatic carbocycles. The third kappa shape index (κ3) is 6.67. The fourth-order valence-electron chi connectivity index (χ4n) is 3.72. The highest BCUT2D eigenvalue weighted by molar-refractivity contribution is 7.99. The quantitative estimate of drug-likeness (QED) is 0.527. The summed E-state index contributed by atoms with van der Waals surface area (Å²) in [5.41, 5.74) is 7.25. The number of imidazole rings is 1. The Labute approximate surface area is 197 Å². The van der Waals surface area contributed by atoms with Gasteiger partial charge in [-0.25, -0.2) is 4.98 Å². The molecule has 0 bridgehead atoms. The summed E-state index contributed by atoms with van der Waals surface area (Å²) in [5.74, 6) is 0.694. The Morgan fingerprint density at radius 1 is 1.15 bits per heavy atom. The fourth-order valence-corrected chi connectivity index (χ4v) is 4.59. The van der Waals surface area contributed by atoms with E-state index >= 15 is 0 Å². The number of amides is 1. The Balaban J connectivity index is 0.000000555. The Hall–Kier alpha value is -2.66. The molecule has 3 aromatic rings. The van der Waals surface area contributed by atoms with Gasteiger partial charge < -0.3 is 15.0 Å². The van der Waals surface area contributed by atoms with Gasteiger partial charge in [-0.15, -0.1) is 0 Å². The fraction of sp³-hybridized carbons (Fsp3) is 0.304. The van der Waals surface area contributed by atoms with Gasteiger partial charge in [-0.1, -0.05) is 23.9 Å². The van der Waals surface area contributed by atoms with Crippen LogP contribution >= 0.6 is 11.8 Å². The number of rotatable bonds is 5. The molecule has 1 amide bonds. The number of hydrogen-bond donors (Lipinski definition) is 2. The molecule has 2 aromatic carbocycles. The van der Waals surface area contributed by atoms with E-state index in [1.165, 1.54) is 0 Å². The van der Waals surface area contributed by atoms with Crippen molar-refractivity contribution >= 4 is 27.8 Å². The maximum atomic E-state index is 12.3. The van der Waals surface area contributed by atoms with E-state index in [9.17, 15) is 13.2 Å². The molecule has 1 fully saturated rings. The standard InChI is InChI=1S/C22H23N3O2S.CH4O3S/c1-16-24-11-12-25(16)18-5-7-19(8-6-18)28-20-4-2-3-17(15-20)22(21(23)26)9-13-27-14-10-22;1-5(2,3)4/h2-8,11-12,15H,9-10,13-14H2,1H3,(H2,23,26);1H3,(H,2,3,4). The van der Waals surface area contributed by atoms with Gasteiger partial charge in [-0.2, -0.15) is 8.42 Å². The van der Waals surface area contributed by atoms with Crippen molar-refractivity contribution < 1.29 is 22.5 Å². The average Bonchev–Trinajstić information content (AvgIpc) is 3.19. The Kier molecular flexibility index (Phi) is 7.96. The van der Waals surface area contributed by atoms with Crippen molar-refractivity contribution in [2.75, 3.05) is 19.5 Å². The summed E-state index contributed by atoms with van der Waals surface area (Å²) >= 11 is 1.68. The molecule has 176 valence electrons. The first-order valence-corrected chi connectivity index (χ1v) is 12.9. The lowest BCUT2D eigenvalue weighted by molar-refractivity contribution is -0.127. The minimum atomic E-state index is -3.67. The first-order valence-electron chi connectivity index (χ1n) is 10.3. The molecule has 1 aliphatic heterocycles. The molecular formula is C23H27N3O5S2. The lowest BCUT2D eigenvalue weighted by Crippen LogP contribution is -2.45. The van der Waals surface area contributed by atoms with Crippen molar-refractivity contribution in [3.05, 3.63) is 72.3 Å². The monoisotopic (exact) mass is 489 g/mol. The van der Waals surface area contributed by atoms with Crippen molar-refractivity contribution in [1.82, 2.24) is 9.55 Å². The van der Waals surface area contributed by atoms with Crippen LogP contribution in [0.3, 0.4) is 0 Å². The van der Waals surface area contributed by atoms with Crippen molar-refractivity contribution in [2.24, 2.45) is 5.73 Å². The van der Waals surface area contributed by atoms with Gasteiger partial charge in [-0.05, 0) is 61.7 Å². The Bertz CT molecular complexity index is 1190.